The third-order valence-electron chi connectivity index (χ3n) is 2.59. The molecule has 20 heavy (non-hydrogen) atoms. The number of cyclic esters (lactones) is 1. The first-order valence-corrected chi connectivity index (χ1v) is 6.98. The minimum atomic E-state index is -0.630. The molecule has 112 valence electrons. The minimum absolute atomic E-state index is 0.159. The normalized spacial score (nSPS) is 17.4. The van der Waals surface area contributed by atoms with Crippen LogP contribution in [-0.2, 0) is 4.74 Å². The zero-order valence-electron chi connectivity index (χ0n) is 11.5. The van der Waals surface area contributed by atoms with E-state index in [1.807, 2.05) is 13.8 Å². The first-order chi connectivity index (χ1) is 9.56. The molecule has 1 N–H and O–H groups in total. The van der Waals surface area contributed by atoms with Crippen molar-refractivity contribution in [2.75, 3.05) is 25.2 Å². The second-order valence-corrected chi connectivity index (χ2v) is 4.59. The summed E-state index contributed by atoms with van der Waals surface area (Å²) in [6.45, 7) is 3.89. The van der Waals surface area contributed by atoms with Crippen LogP contribution in [-0.4, -0.2) is 37.6 Å². The van der Waals surface area contributed by atoms with Gasteiger partial charge in [0.15, 0.2) is 0 Å². The molecule has 1 aromatic rings. The molecule has 1 aliphatic rings. The topological polar surface area (TPSA) is 59.0 Å². The van der Waals surface area contributed by atoms with Crippen molar-refractivity contribution < 1.29 is 23.8 Å². The Morgan fingerprint density at radius 3 is 2.70 bits per heavy atom. The maximum Gasteiger partial charge on any atom is 0.414 e. The van der Waals surface area contributed by atoms with Gasteiger partial charge in [0, 0.05) is 6.07 Å². The van der Waals surface area contributed by atoms with E-state index in [1.165, 1.54) is 24.1 Å². The zero-order valence-corrected chi connectivity index (χ0v) is 13.1. The van der Waals surface area contributed by atoms with Crippen LogP contribution in [0.3, 0.4) is 0 Å². The number of nitrogens with zero attached hydrogens (tertiary/aromatic N) is 1. The predicted octanol–water partition coefficient (Wildman–Crippen LogP) is 2.94. The average molecular weight is 350 g/mol. The van der Waals surface area contributed by atoms with Crippen LogP contribution in [0.5, 0.6) is 5.75 Å². The summed E-state index contributed by atoms with van der Waals surface area (Å²) in [4.78, 5) is 12.8. The number of hydrogen-bond acceptors (Lipinski definition) is 4. The van der Waals surface area contributed by atoms with Crippen LogP contribution in [0.15, 0.2) is 16.6 Å². The Morgan fingerprint density at radius 1 is 1.55 bits per heavy atom. The number of aliphatic hydroxyl groups excluding tert-OH is 1. The first kappa shape index (κ1) is 16.7. The van der Waals surface area contributed by atoms with Crippen LogP contribution >= 0.6 is 15.9 Å². The molecule has 1 fully saturated rings. The fraction of sp³-hybridized carbons (Fsp3) is 0.462. The second kappa shape index (κ2) is 7.44. The maximum atomic E-state index is 13.5. The van der Waals surface area contributed by atoms with Gasteiger partial charge in [0.25, 0.3) is 0 Å². The number of hydrogen-bond donors (Lipinski definition) is 1. The predicted molar refractivity (Wildman–Crippen MR) is 76.7 cm³/mol. The molecular formula is C13H17BrFNO4. The molecule has 0 spiro atoms. The van der Waals surface area contributed by atoms with Gasteiger partial charge >= 0.3 is 6.09 Å². The number of aliphatic hydroxyl groups is 1. The van der Waals surface area contributed by atoms with E-state index >= 15 is 0 Å². The van der Waals surface area contributed by atoms with Gasteiger partial charge in [-0.05, 0) is 22.0 Å². The van der Waals surface area contributed by atoms with E-state index in [2.05, 4.69) is 15.9 Å². The van der Waals surface area contributed by atoms with Crippen molar-refractivity contribution in [1.29, 1.82) is 0 Å². The number of amides is 1. The van der Waals surface area contributed by atoms with Crippen molar-refractivity contribution in [2.45, 2.75) is 20.0 Å². The lowest BCUT2D eigenvalue weighted by atomic mass is 10.2. The number of methoxy groups -OCH3 is 1. The number of benzene rings is 1. The number of carbonyl (C=O) groups excluding carboxylic acids is 1. The number of ether oxygens (including phenoxy) is 2. The Hall–Kier alpha value is -1.34. The maximum absolute atomic E-state index is 13.5. The van der Waals surface area contributed by atoms with E-state index in [1.54, 1.807) is 0 Å². The summed E-state index contributed by atoms with van der Waals surface area (Å²) in [7, 11) is 1.42. The molecule has 1 aromatic carbocycles. The Balaban J connectivity index is 0.000000956. The summed E-state index contributed by atoms with van der Waals surface area (Å²) >= 11 is 3.04. The third kappa shape index (κ3) is 3.40. The van der Waals surface area contributed by atoms with Crippen molar-refractivity contribution in [3.05, 3.63) is 22.4 Å². The number of carbonyl (C=O) groups is 1. The van der Waals surface area contributed by atoms with E-state index in [0.29, 0.717) is 5.75 Å². The molecule has 1 saturated heterocycles. The molecule has 1 atom stereocenters. The molecular weight excluding hydrogens is 333 g/mol. The highest BCUT2D eigenvalue weighted by Crippen LogP contribution is 2.35. The number of halogens is 2. The van der Waals surface area contributed by atoms with Crippen LogP contribution in [0.2, 0.25) is 0 Å². The van der Waals surface area contributed by atoms with Gasteiger partial charge in [-0.1, -0.05) is 13.8 Å². The van der Waals surface area contributed by atoms with Crippen molar-refractivity contribution in [1.82, 2.24) is 0 Å². The van der Waals surface area contributed by atoms with Gasteiger partial charge < -0.3 is 14.6 Å². The first-order valence-electron chi connectivity index (χ1n) is 6.19. The van der Waals surface area contributed by atoms with Gasteiger partial charge in [-0.3, -0.25) is 4.90 Å². The summed E-state index contributed by atoms with van der Waals surface area (Å²) in [6, 6.07) is 2.62. The van der Waals surface area contributed by atoms with Gasteiger partial charge in [-0.15, -0.1) is 0 Å². The Bertz CT molecular complexity index is 484. The molecule has 5 nitrogen and oxygen atoms in total. The van der Waals surface area contributed by atoms with E-state index in [9.17, 15) is 9.18 Å². The lowest BCUT2D eigenvalue weighted by molar-refractivity contribution is 0.0963. The second-order valence-electron chi connectivity index (χ2n) is 3.74. The molecule has 0 aromatic heterocycles. The lowest BCUT2D eigenvalue weighted by Crippen LogP contribution is -2.26. The van der Waals surface area contributed by atoms with Gasteiger partial charge in [0.2, 0.25) is 0 Å². The summed E-state index contributed by atoms with van der Waals surface area (Å²) < 4.78 is 23.8. The molecule has 0 bridgehead atoms. The highest BCUT2D eigenvalue weighted by atomic mass is 79.9. The van der Waals surface area contributed by atoms with Crippen molar-refractivity contribution in [3.8, 4) is 5.75 Å². The quantitative estimate of drug-likeness (QED) is 0.911. The van der Waals surface area contributed by atoms with Crippen molar-refractivity contribution in [3.63, 3.8) is 0 Å². The Morgan fingerprint density at radius 2 is 2.20 bits per heavy atom. The van der Waals surface area contributed by atoms with Gasteiger partial charge in [-0.2, -0.15) is 0 Å². The Kier molecular flexibility index (Phi) is 6.22. The minimum Gasteiger partial charge on any atom is -0.495 e. The third-order valence-corrected chi connectivity index (χ3v) is 3.20. The fourth-order valence-corrected chi connectivity index (χ4v) is 2.03. The van der Waals surface area contributed by atoms with Crippen LogP contribution in [0.1, 0.15) is 13.8 Å². The number of rotatable bonds is 3. The molecule has 0 radical (unpaired) electrons. The lowest BCUT2D eigenvalue weighted by Gasteiger charge is -2.17. The molecule has 1 amide bonds. The van der Waals surface area contributed by atoms with Crippen LogP contribution in [0.4, 0.5) is 14.9 Å². The van der Waals surface area contributed by atoms with Crippen LogP contribution in [0, 0.1) is 5.82 Å². The van der Waals surface area contributed by atoms with E-state index in [-0.39, 0.29) is 23.3 Å². The monoisotopic (exact) mass is 349 g/mol. The smallest absolute Gasteiger partial charge is 0.414 e. The summed E-state index contributed by atoms with van der Waals surface area (Å²) in [5, 5.41) is 8.96. The van der Waals surface area contributed by atoms with Crippen LogP contribution < -0.4 is 9.64 Å². The molecule has 1 heterocycles. The highest BCUT2D eigenvalue weighted by molar-refractivity contribution is 9.10. The molecule has 0 aliphatic carbocycles. The average Bonchev–Trinajstić information content (AvgIpc) is 2.84. The summed E-state index contributed by atoms with van der Waals surface area (Å²) in [5.74, 6) is -0.162. The van der Waals surface area contributed by atoms with Crippen LogP contribution in [0.25, 0.3) is 0 Å². The van der Waals surface area contributed by atoms with E-state index in [0.717, 1.165) is 0 Å². The SMILES string of the molecule is CC.COc1cc(Br)c(F)cc1N1C[C@H](CO)OC1=O. The van der Waals surface area contributed by atoms with Crippen molar-refractivity contribution in [2.24, 2.45) is 0 Å². The van der Waals surface area contributed by atoms with E-state index in [4.69, 9.17) is 14.6 Å². The summed E-state index contributed by atoms with van der Waals surface area (Å²) in [6.07, 6.45) is -1.23. The van der Waals surface area contributed by atoms with Gasteiger partial charge in [0.05, 0.1) is 30.4 Å². The molecule has 7 heteroatoms. The highest BCUT2D eigenvalue weighted by Gasteiger charge is 2.34. The molecule has 1 aliphatic heterocycles. The van der Waals surface area contributed by atoms with Gasteiger partial charge in [-0.25, -0.2) is 9.18 Å². The molecule has 0 saturated carbocycles. The standard InChI is InChI=1S/C11H11BrFNO4.C2H6/c1-17-10-2-7(12)8(13)3-9(10)14-4-6(5-15)18-11(14)16;1-2/h2-3,6,15H,4-5H2,1H3;1-2H3/t6-;/m1./s1. The van der Waals surface area contributed by atoms with E-state index < -0.39 is 18.0 Å². The summed E-state index contributed by atoms with van der Waals surface area (Å²) in [5.41, 5.74) is 0.277. The largest absolute Gasteiger partial charge is 0.495 e. The molecule has 2 rings (SSSR count). The zero-order chi connectivity index (χ0) is 15.3. The Labute approximate surface area is 125 Å². The van der Waals surface area contributed by atoms with Gasteiger partial charge in [0.1, 0.15) is 17.7 Å². The fourth-order valence-electron chi connectivity index (χ4n) is 1.71. The number of anilines is 1. The van der Waals surface area contributed by atoms with Crippen molar-refractivity contribution >= 4 is 27.7 Å². The molecule has 0 unspecified atom stereocenters.